The number of hydrogen-bond acceptors (Lipinski definition) is 4. The zero-order valence-electron chi connectivity index (χ0n) is 12.4. The third-order valence-electron chi connectivity index (χ3n) is 3.77. The number of carbonyl (C=O) groups excluding carboxylic acids is 1. The number of piperazine rings is 1. The van der Waals surface area contributed by atoms with Crippen LogP contribution in [0.1, 0.15) is 17.1 Å². The Kier molecular flexibility index (Phi) is 3.90. The maximum absolute atomic E-state index is 11.5. The van der Waals surface area contributed by atoms with Crippen LogP contribution in [0.5, 0.6) is 0 Å². The predicted molar refractivity (Wildman–Crippen MR) is 81.3 cm³/mol. The number of aromatic nitrogens is 2. The topological polar surface area (TPSA) is 74.0 Å². The lowest BCUT2D eigenvalue weighted by Crippen LogP contribution is -2.47. The molecule has 3 rings (SSSR count). The van der Waals surface area contributed by atoms with Crippen LogP contribution in [0.25, 0.3) is 5.69 Å². The molecule has 0 atom stereocenters. The Morgan fingerprint density at radius 1 is 1.36 bits per heavy atom. The van der Waals surface area contributed by atoms with Crippen molar-refractivity contribution in [3.8, 4) is 11.8 Å². The fraction of sp³-hybridized carbons (Fsp3) is 0.312. The molecule has 6 heteroatoms. The summed E-state index contributed by atoms with van der Waals surface area (Å²) in [5.74, 6) is 0.952. The van der Waals surface area contributed by atoms with Gasteiger partial charge in [-0.3, -0.25) is 14.3 Å². The number of imidazole rings is 1. The molecule has 22 heavy (non-hydrogen) atoms. The van der Waals surface area contributed by atoms with Gasteiger partial charge in [0.05, 0.1) is 30.1 Å². The number of nitriles is 1. The smallest absolute Gasteiger partial charge is 0.234 e. The third-order valence-corrected chi connectivity index (χ3v) is 3.77. The third kappa shape index (κ3) is 2.85. The molecule has 1 N–H and O–H groups in total. The van der Waals surface area contributed by atoms with Gasteiger partial charge >= 0.3 is 0 Å². The first-order chi connectivity index (χ1) is 10.7. The van der Waals surface area contributed by atoms with Gasteiger partial charge in [0.1, 0.15) is 5.82 Å². The van der Waals surface area contributed by atoms with E-state index in [-0.39, 0.29) is 5.91 Å². The maximum Gasteiger partial charge on any atom is 0.234 e. The van der Waals surface area contributed by atoms with Crippen molar-refractivity contribution in [1.82, 2.24) is 19.8 Å². The second-order valence-electron chi connectivity index (χ2n) is 5.35. The van der Waals surface area contributed by atoms with Gasteiger partial charge in [0, 0.05) is 25.3 Å². The average molecular weight is 295 g/mol. The number of nitrogens with one attached hydrogen (secondary N) is 1. The summed E-state index contributed by atoms with van der Waals surface area (Å²) in [6.07, 6.45) is 1.85. The predicted octanol–water partition coefficient (Wildman–Crippen LogP) is 0.984. The van der Waals surface area contributed by atoms with Crippen molar-refractivity contribution in [1.29, 1.82) is 5.26 Å². The quantitative estimate of drug-likeness (QED) is 0.916. The van der Waals surface area contributed by atoms with Gasteiger partial charge < -0.3 is 5.32 Å². The zero-order chi connectivity index (χ0) is 15.5. The van der Waals surface area contributed by atoms with E-state index in [1.165, 1.54) is 0 Å². The molecule has 0 unspecified atom stereocenters. The van der Waals surface area contributed by atoms with Gasteiger partial charge in [-0.25, -0.2) is 4.98 Å². The normalized spacial score (nSPS) is 15.4. The number of hydrogen-bond donors (Lipinski definition) is 1. The van der Waals surface area contributed by atoms with Crippen molar-refractivity contribution in [2.45, 2.75) is 13.5 Å². The summed E-state index contributed by atoms with van der Waals surface area (Å²) in [6, 6.07) is 9.55. The van der Waals surface area contributed by atoms with Crippen LogP contribution in [0.4, 0.5) is 0 Å². The van der Waals surface area contributed by atoms with Crippen molar-refractivity contribution in [3.05, 3.63) is 47.5 Å². The molecule has 0 radical (unpaired) electrons. The van der Waals surface area contributed by atoms with Crippen LogP contribution in [0.2, 0.25) is 0 Å². The highest BCUT2D eigenvalue weighted by atomic mass is 16.2. The lowest BCUT2D eigenvalue weighted by molar-refractivity contribution is -0.124. The fourth-order valence-electron chi connectivity index (χ4n) is 2.70. The van der Waals surface area contributed by atoms with E-state index in [0.29, 0.717) is 25.2 Å². The van der Waals surface area contributed by atoms with E-state index in [1.54, 1.807) is 12.1 Å². The van der Waals surface area contributed by atoms with Crippen LogP contribution >= 0.6 is 0 Å². The molecule has 2 heterocycles. The number of aryl methyl sites for hydroxylation is 1. The molecule has 1 aliphatic heterocycles. The Balaban J connectivity index is 1.87. The minimum absolute atomic E-state index is 0.0624. The summed E-state index contributed by atoms with van der Waals surface area (Å²) in [5, 5.41) is 11.7. The van der Waals surface area contributed by atoms with Crippen molar-refractivity contribution in [2.24, 2.45) is 0 Å². The first-order valence-corrected chi connectivity index (χ1v) is 7.20. The Hall–Kier alpha value is -2.65. The number of rotatable bonds is 3. The molecule has 1 amide bonds. The van der Waals surface area contributed by atoms with Crippen LogP contribution in [0.15, 0.2) is 30.5 Å². The van der Waals surface area contributed by atoms with Crippen molar-refractivity contribution >= 4 is 5.91 Å². The minimum atomic E-state index is 0.0624. The lowest BCUT2D eigenvalue weighted by Gasteiger charge is -2.26. The van der Waals surface area contributed by atoms with Gasteiger partial charge in [-0.05, 0) is 31.2 Å². The molecule has 1 fully saturated rings. The SMILES string of the molecule is Cc1ncc(CN2CCNC(=O)C2)n1-c1ccc(C#N)cc1. The molecule has 112 valence electrons. The van der Waals surface area contributed by atoms with Gasteiger partial charge in [-0.2, -0.15) is 5.26 Å². The number of amides is 1. The molecule has 1 aliphatic rings. The van der Waals surface area contributed by atoms with Gasteiger partial charge in [0.15, 0.2) is 0 Å². The Bertz CT molecular complexity index is 726. The average Bonchev–Trinajstić information content (AvgIpc) is 2.88. The Morgan fingerprint density at radius 2 is 2.14 bits per heavy atom. The van der Waals surface area contributed by atoms with E-state index in [2.05, 4.69) is 25.8 Å². The van der Waals surface area contributed by atoms with E-state index in [9.17, 15) is 4.79 Å². The molecular weight excluding hydrogens is 278 g/mol. The summed E-state index contributed by atoms with van der Waals surface area (Å²) in [4.78, 5) is 18.0. The van der Waals surface area contributed by atoms with Crippen LogP contribution in [-0.4, -0.2) is 40.0 Å². The Labute approximate surface area is 129 Å². The monoisotopic (exact) mass is 295 g/mol. The molecule has 2 aromatic rings. The molecule has 0 bridgehead atoms. The van der Waals surface area contributed by atoms with E-state index < -0.39 is 0 Å². The van der Waals surface area contributed by atoms with Crippen molar-refractivity contribution < 1.29 is 4.79 Å². The van der Waals surface area contributed by atoms with Gasteiger partial charge in [-0.1, -0.05) is 0 Å². The van der Waals surface area contributed by atoms with Crippen molar-refractivity contribution in [3.63, 3.8) is 0 Å². The molecule has 0 spiro atoms. The van der Waals surface area contributed by atoms with Crippen LogP contribution < -0.4 is 5.32 Å². The molecule has 1 aromatic carbocycles. The standard InChI is InChI=1S/C16H17N5O/c1-12-19-9-15(10-20-7-6-18-16(22)11-20)21(12)14-4-2-13(8-17)3-5-14/h2-5,9H,6-7,10-11H2,1H3,(H,18,22). The first kappa shape index (κ1) is 14.3. The maximum atomic E-state index is 11.5. The van der Waals surface area contributed by atoms with Crippen LogP contribution in [-0.2, 0) is 11.3 Å². The lowest BCUT2D eigenvalue weighted by atomic mass is 10.2. The number of carbonyl (C=O) groups is 1. The summed E-state index contributed by atoms with van der Waals surface area (Å²) in [5.41, 5.74) is 2.65. The molecular formula is C16H17N5O. The van der Waals surface area contributed by atoms with E-state index in [1.807, 2.05) is 25.3 Å². The highest BCUT2D eigenvalue weighted by Gasteiger charge is 2.18. The molecule has 1 aromatic heterocycles. The highest BCUT2D eigenvalue weighted by molar-refractivity contribution is 5.78. The van der Waals surface area contributed by atoms with Crippen LogP contribution in [0.3, 0.4) is 0 Å². The fourth-order valence-corrected chi connectivity index (χ4v) is 2.70. The Morgan fingerprint density at radius 3 is 2.82 bits per heavy atom. The van der Waals surface area contributed by atoms with E-state index in [4.69, 9.17) is 5.26 Å². The summed E-state index contributed by atoms with van der Waals surface area (Å²) < 4.78 is 2.06. The molecule has 0 aliphatic carbocycles. The second-order valence-corrected chi connectivity index (χ2v) is 5.35. The van der Waals surface area contributed by atoms with Gasteiger partial charge in [-0.15, -0.1) is 0 Å². The molecule has 6 nitrogen and oxygen atoms in total. The number of benzene rings is 1. The van der Waals surface area contributed by atoms with E-state index >= 15 is 0 Å². The highest BCUT2D eigenvalue weighted by Crippen LogP contribution is 2.17. The summed E-state index contributed by atoms with van der Waals surface area (Å²) in [7, 11) is 0. The van der Waals surface area contributed by atoms with Crippen LogP contribution in [0, 0.1) is 18.3 Å². The minimum Gasteiger partial charge on any atom is -0.354 e. The van der Waals surface area contributed by atoms with E-state index in [0.717, 1.165) is 23.8 Å². The molecule has 1 saturated heterocycles. The van der Waals surface area contributed by atoms with Gasteiger partial charge in [0.25, 0.3) is 0 Å². The summed E-state index contributed by atoms with van der Waals surface area (Å²) in [6.45, 7) is 4.56. The number of nitrogens with zero attached hydrogens (tertiary/aromatic N) is 4. The zero-order valence-corrected chi connectivity index (χ0v) is 12.4. The first-order valence-electron chi connectivity index (χ1n) is 7.20. The molecule has 0 saturated carbocycles. The summed E-state index contributed by atoms with van der Waals surface area (Å²) >= 11 is 0. The van der Waals surface area contributed by atoms with Crippen molar-refractivity contribution in [2.75, 3.05) is 19.6 Å². The second kappa shape index (κ2) is 6.00. The largest absolute Gasteiger partial charge is 0.354 e. The van der Waals surface area contributed by atoms with Gasteiger partial charge in [0.2, 0.25) is 5.91 Å².